The maximum Gasteiger partial charge on any atom is 0.215 e. The van der Waals surface area contributed by atoms with E-state index in [0.717, 1.165) is 43.5 Å². The van der Waals surface area contributed by atoms with Crippen LogP contribution in [0.5, 0.6) is 0 Å². The Morgan fingerprint density at radius 2 is 1.95 bits per heavy atom. The highest BCUT2D eigenvalue weighted by Crippen LogP contribution is 2.11. The molecule has 5 nitrogen and oxygen atoms in total. The summed E-state index contributed by atoms with van der Waals surface area (Å²) in [6.07, 6.45) is 0. The molecule has 2 aliphatic rings. The minimum Gasteiger partial charge on any atom is -0.378 e. The molecule has 0 amide bonds. The molecular weight excluding hydrogens is 240 g/mol. The van der Waals surface area contributed by atoms with Crippen LogP contribution in [0, 0.1) is 0 Å². The van der Waals surface area contributed by atoms with E-state index in [1.165, 1.54) is 0 Å². The Bertz CT molecular complexity index is 491. The smallest absolute Gasteiger partial charge is 0.215 e. The summed E-state index contributed by atoms with van der Waals surface area (Å²) in [5.41, 5.74) is 5.18. The highest BCUT2D eigenvalue weighted by Gasteiger charge is 2.22. The molecule has 2 aliphatic heterocycles. The van der Waals surface area contributed by atoms with Crippen LogP contribution in [0.15, 0.2) is 40.4 Å². The topological polar surface area (TPSA) is 49.2 Å². The number of rotatable bonds is 1. The number of hydrogen-bond donors (Lipinski definition) is 1. The van der Waals surface area contributed by atoms with Crippen molar-refractivity contribution in [1.29, 1.82) is 0 Å². The molecule has 1 aromatic rings. The van der Waals surface area contributed by atoms with Gasteiger partial charge in [-0.1, -0.05) is 30.3 Å². The van der Waals surface area contributed by atoms with E-state index in [1.54, 1.807) is 0 Å². The third-order valence-electron chi connectivity index (χ3n) is 3.37. The van der Waals surface area contributed by atoms with Crippen molar-refractivity contribution >= 4 is 11.7 Å². The van der Waals surface area contributed by atoms with Gasteiger partial charge in [-0.05, 0) is 12.5 Å². The second-order valence-corrected chi connectivity index (χ2v) is 4.70. The SMILES string of the molecule is CC1N=C(N2CCOCC2)NN=C1c1ccccc1. The monoisotopic (exact) mass is 258 g/mol. The van der Waals surface area contributed by atoms with E-state index in [0.29, 0.717) is 0 Å². The van der Waals surface area contributed by atoms with E-state index >= 15 is 0 Å². The summed E-state index contributed by atoms with van der Waals surface area (Å²) in [4.78, 5) is 6.89. The van der Waals surface area contributed by atoms with Gasteiger partial charge in [-0.25, -0.2) is 10.4 Å². The predicted octanol–water partition coefficient (Wildman–Crippen LogP) is 1.07. The lowest BCUT2D eigenvalue weighted by atomic mass is 10.0. The Morgan fingerprint density at radius 1 is 1.21 bits per heavy atom. The maximum absolute atomic E-state index is 5.35. The van der Waals surface area contributed by atoms with E-state index in [2.05, 4.69) is 34.5 Å². The van der Waals surface area contributed by atoms with Crippen molar-refractivity contribution in [3.8, 4) is 0 Å². The van der Waals surface area contributed by atoms with E-state index in [1.807, 2.05) is 18.2 Å². The molecule has 100 valence electrons. The van der Waals surface area contributed by atoms with Crippen molar-refractivity contribution < 1.29 is 4.74 Å². The van der Waals surface area contributed by atoms with Gasteiger partial charge < -0.3 is 9.64 Å². The van der Waals surface area contributed by atoms with Crippen LogP contribution < -0.4 is 5.43 Å². The van der Waals surface area contributed by atoms with Crippen molar-refractivity contribution in [2.24, 2.45) is 10.1 Å². The standard InChI is InChI=1S/C14H18N4O/c1-11-13(12-5-3-2-4-6-12)16-17-14(15-11)18-7-9-19-10-8-18/h2-6,11H,7-10H2,1H3,(H,15,17). The van der Waals surface area contributed by atoms with E-state index in [-0.39, 0.29) is 6.04 Å². The molecule has 3 rings (SSSR count). The number of nitrogens with zero attached hydrogens (tertiary/aromatic N) is 3. The molecule has 2 heterocycles. The van der Waals surface area contributed by atoms with Gasteiger partial charge in [-0.15, -0.1) is 0 Å². The molecule has 5 heteroatoms. The first-order chi connectivity index (χ1) is 9.34. The lowest BCUT2D eigenvalue weighted by molar-refractivity contribution is 0.0663. The van der Waals surface area contributed by atoms with Crippen molar-refractivity contribution in [3.63, 3.8) is 0 Å². The Morgan fingerprint density at radius 3 is 2.63 bits per heavy atom. The minimum atomic E-state index is 0.0708. The molecule has 1 aromatic carbocycles. The van der Waals surface area contributed by atoms with Crippen molar-refractivity contribution in [1.82, 2.24) is 10.3 Å². The highest BCUT2D eigenvalue weighted by molar-refractivity contribution is 6.07. The summed E-state index contributed by atoms with van der Waals surface area (Å²) in [7, 11) is 0. The fraction of sp³-hybridized carbons (Fsp3) is 0.429. The molecule has 0 aromatic heterocycles. The number of aliphatic imine (C=N–C) groups is 1. The number of hydrogen-bond acceptors (Lipinski definition) is 5. The summed E-state index contributed by atoms with van der Waals surface area (Å²) < 4.78 is 5.35. The zero-order valence-corrected chi connectivity index (χ0v) is 11.0. The molecule has 1 fully saturated rings. The largest absolute Gasteiger partial charge is 0.378 e. The lowest BCUT2D eigenvalue weighted by Crippen LogP contribution is -2.48. The number of ether oxygens (including phenoxy) is 1. The first-order valence-corrected chi connectivity index (χ1v) is 6.64. The van der Waals surface area contributed by atoms with Gasteiger partial charge in [-0.2, -0.15) is 5.10 Å². The predicted molar refractivity (Wildman–Crippen MR) is 75.4 cm³/mol. The summed E-state index contributed by atoms with van der Waals surface area (Å²) in [6.45, 7) is 5.32. The first-order valence-electron chi connectivity index (χ1n) is 6.64. The van der Waals surface area contributed by atoms with Gasteiger partial charge in [0, 0.05) is 13.1 Å². The normalized spacial score (nSPS) is 23.4. The molecule has 1 atom stereocenters. The van der Waals surface area contributed by atoms with Crippen LogP contribution in [0.4, 0.5) is 0 Å². The molecule has 1 N–H and O–H groups in total. The van der Waals surface area contributed by atoms with Gasteiger partial charge in [0.05, 0.1) is 25.0 Å². The number of morpholine rings is 1. The Labute approximate surface area is 113 Å². The van der Waals surface area contributed by atoms with E-state index < -0.39 is 0 Å². The van der Waals surface area contributed by atoms with Gasteiger partial charge in [0.15, 0.2) is 0 Å². The lowest BCUT2D eigenvalue weighted by Gasteiger charge is -2.31. The highest BCUT2D eigenvalue weighted by atomic mass is 16.5. The molecule has 19 heavy (non-hydrogen) atoms. The molecule has 0 spiro atoms. The first kappa shape index (κ1) is 12.2. The van der Waals surface area contributed by atoms with Crippen molar-refractivity contribution in [2.45, 2.75) is 13.0 Å². The van der Waals surface area contributed by atoms with Crippen LogP contribution >= 0.6 is 0 Å². The Kier molecular flexibility index (Phi) is 3.46. The zero-order chi connectivity index (χ0) is 13.1. The molecule has 0 bridgehead atoms. The average Bonchev–Trinajstić information content (AvgIpc) is 2.49. The summed E-state index contributed by atoms with van der Waals surface area (Å²) >= 11 is 0. The fourth-order valence-corrected chi connectivity index (χ4v) is 2.32. The van der Waals surface area contributed by atoms with Gasteiger partial charge >= 0.3 is 0 Å². The molecule has 0 saturated carbocycles. The third-order valence-corrected chi connectivity index (χ3v) is 3.37. The second kappa shape index (κ2) is 5.40. The Balaban J connectivity index is 1.75. The molecule has 0 aliphatic carbocycles. The van der Waals surface area contributed by atoms with Crippen LogP contribution in [0.3, 0.4) is 0 Å². The van der Waals surface area contributed by atoms with Crippen molar-refractivity contribution in [2.75, 3.05) is 26.3 Å². The number of hydrazone groups is 1. The van der Waals surface area contributed by atoms with Crippen LogP contribution in [0.2, 0.25) is 0 Å². The zero-order valence-electron chi connectivity index (χ0n) is 11.0. The number of nitrogens with one attached hydrogen (secondary N) is 1. The number of guanidine groups is 1. The van der Waals surface area contributed by atoms with E-state index in [4.69, 9.17) is 9.73 Å². The van der Waals surface area contributed by atoms with Crippen LogP contribution in [-0.4, -0.2) is 48.9 Å². The molecule has 0 radical (unpaired) electrons. The summed E-state index contributed by atoms with van der Waals surface area (Å²) in [6, 6.07) is 10.2. The molecule has 1 unspecified atom stereocenters. The van der Waals surface area contributed by atoms with Crippen LogP contribution in [0.1, 0.15) is 12.5 Å². The van der Waals surface area contributed by atoms with Gasteiger partial charge in [-0.3, -0.25) is 0 Å². The van der Waals surface area contributed by atoms with E-state index in [9.17, 15) is 0 Å². The summed E-state index contributed by atoms with van der Waals surface area (Å²) in [5.74, 6) is 0.857. The average molecular weight is 258 g/mol. The third kappa shape index (κ3) is 2.61. The van der Waals surface area contributed by atoms with Gasteiger partial charge in [0.1, 0.15) is 0 Å². The van der Waals surface area contributed by atoms with Gasteiger partial charge in [0.2, 0.25) is 5.96 Å². The quantitative estimate of drug-likeness (QED) is 0.819. The number of benzene rings is 1. The molecular formula is C14H18N4O. The summed E-state index contributed by atoms with van der Waals surface area (Å²) in [5, 5.41) is 4.49. The fourth-order valence-electron chi connectivity index (χ4n) is 2.32. The maximum atomic E-state index is 5.35. The second-order valence-electron chi connectivity index (χ2n) is 4.70. The molecule has 1 saturated heterocycles. The Hall–Kier alpha value is -1.88. The van der Waals surface area contributed by atoms with Crippen LogP contribution in [-0.2, 0) is 4.74 Å². The minimum absolute atomic E-state index is 0.0708. The van der Waals surface area contributed by atoms with Gasteiger partial charge in [0.25, 0.3) is 0 Å². The van der Waals surface area contributed by atoms with Crippen LogP contribution in [0.25, 0.3) is 0 Å². The van der Waals surface area contributed by atoms with Crippen molar-refractivity contribution in [3.05, 3.63) is 35.9 Å².